The molecule has 2 heterocycles. The first-order chi connectivity index (χ1) is 16.7. The first-order valence-electron chi connectivity index (χ1n) is 11.7. The molecule has 0 aliphatic carbocycles. The Balaban J connectivity index is 1.66. The minimum absolute atomic E-state index is 0.102. The first kappa shape index (κ1) is 28.0. The molecule has 0 radical (unpaired) electrons. The lowest BCUT2D eigenvalue weighted by molar-refractivity contribution is -0.0407. The molecule has 1 spiro atoms. The molecule has 2 saturated heterocycles. The maximum atomic E-state index is 13.1. The van der Waals surface area contributed by atoms with Crippen LogP contribution in [0.2, 0.25) is 0 Å². The van der Waals surface area contributed by atoms with Gasteiger partial charge in [-0.1, -0.05) is 6.07 Å². The summed E-state index contributed by atoms with van der Waals surface area (Å²) in [5.41, 5.74) is -1.29. The van der Waals surface area contributed by atoms with E-state index >= 15 is 0 Å². The normalized spacial score (nSPS) is 20.7. The van der Waals surface area contributed by atoms with Crippen molar-refractivity contribution >= 4 is 22.2 Å². The van der Waals surface area contributed by atoms with E-state index in [-0.39, 0.29) is 36.4 Å². The van der Waals surface area contributed by atoms with Gasteiger partial charge in [-0.25, -0.2) is 23.1 Å². The van der Waals surface area contributed by atoms with Crippen LogP contribution in [0.3, 0.4) is 0 Å². The minimum atomic E-state index is -3.91. The van der Waals surface area contributed by atoms with Crippen LogP contribution in [0.4, 0.5) is 9.59 Å². The Morgan fingerprint density at radius 3 is 2.56 bits per heavy atom. The van der Waals surface area contributed by atoms with Gasteiger partial charge in [0.15, 0.2) is 0 Å². The summed E-state index contributed by atoms with van der Waals surface area (Å²) in [6.45, 7) is 5.86. The molecule has 12 nitrogen and oxygen atoms in total. The van der Waals surface area contributed by atoms with Gasteiger partial charge in [-0.2, -0.15) is 0 Å². The van der Waals surface area contributed by atoms with E-state index in [1.165, 1.54) is 34.1 Å². The maximum absolute atomic E-state index is 13.1. The molecule has 0 saturated carbocycles. The number of hydrogen-bond donors (Lipinski definition) is 3. The van der Waals surface area contributed by atoms with Gasteiger partial charge in [-0.3, -0.25) is 0 Å². The fraction of sp³-hybridized carbons (Fsp3) is 0.652. The van der Waals surface area contributed by atoms with E-state index in [2.05, 4.69) is 0 Å². The molecule has 2 atom stereocenters. The molecule has 1 aromatic carbocycles. The molecule has 2 fully saturated rings. The van der Waals surface area contributed by atoms with Crippen molar-refractivity contribution in [2.24, 2.45) is 5.14 Å². The average Bonchev–Trinajstić information content (AvgIpc) is 3.17. The Hall–Kier alpha value is -2.61. The van der Waals surface area contributed by atoms with E-state index in [1.54, 1.807) is 20.8 Å². The van der Waals surface area contributed by atoms with Crippen LogP contribution in [-0.4, -0.2) is 96.8 Å². The van der Waals surface area contributed by atoms with Crippen LogP contribution < -0.4 is 9.88 Å². The smallest absolute Gasteiger partial charge is 0.410 e. The van der Waals surface area contributed by atoms with Crippen LogP contribution in [-0.2, 0) is 19.5 Å². The Kier molecular flexibility index (Phi) is 8.38. The van der Waals surface area contributed by atoms with Crippen LogP contribution >= 0.6 is 0 Å². The number of amides is 2. The second kappa shape index (κ2) is 10.8. The van der Waals surface area contributed by atoms with Gasteiger partial charge < -0.3 is 34.2 Å². The highest BCUT2D eigenvalue weighted by Crippen LogP contribution is 2.38. The molecule has 13 heteroatoms. The van der Waals surface area contributed by atoms with Crippen molar-refractivity contribution in [1.82, 2.24) is 9.80 Å². The molecule has 2 amide bonds. The third-order valence-corrected chi connectivity index (χ3v) is 7.10. The number of sulfonamides is 1. The van der Waals surface area contributed by atoms with Crippen molar-refractivity contribution in [1.29, 1.82) is 0 Å². The van der Waals surface area contributed by atoms with E-state index in [1.807, 2.05) is 0 Å². The second-order valence-corrected chi connectivity index (χ2v) is 11.8. The van der Waals surface area contributed by atoms with Crippen molar-refractivity contribution in [3.63, 3.8) is 0 Å². The average molecular weight is 530 g/mol. The molecule has 0 aromatic heterocycles. The van der Waals surface area contributed by atoms with Crippen LogP contribution in [0, 0.1) is 0 Å². The highest BCUT2D eigenvalue weighted by molar-refractivity contribution is 7.89. The number of piperidine rings is 1. The van der Waals surface area contributed by atoms with Crippen LogP contribution in [0.25, 0.3) is 0 Å². The van der Waals surface area contributed by atoms with Gasteiger partial charge in [0.1, 0.15) is 24.1 Å². The number of nitrogens with zero attached hydrogens (tertiary/aromatic N) is 2. The van der Waals surface area contributed by atoms with Gasteiger partial charge in [0.2, 0.25) is 10.0 Å². The molecular formula is C23H35N3O9S. The third-order valence-electron chi connectivity index (χ3n) is 6.19. The first-order valence-corrected chi connectivity index (χ1v) is 13.3. The summed E-state index contributed by atoms with van der Waals surface area (Å²) in [5.74, 6) is 0.206. The number of ether oxygens (including phenoxy) is 3. The predicted molar refractivity (Wildman–Crippen MR) is 128 cm³/mol. The number of carboxylic acid groups (broad SMARTS) is 1. The van der Waals surface area contributed by atoms with E-state index < -0.39 is 39.5 Å². The minimum Gasteiger partial charge on any atom is -0.491 e. The molecule has 1 aromatic rings. The number of likely N-dealkylation sites (tertiary alicyclic amines) is 1. The molecule has 36 heavy (non-hydrogen) atoms. The Bertz CT molecular complexity index is 1050. The highest BCUT2D eigenvalue weighted by Gasteiger charge is 2.46. The van der Waals surface area contributed by atoms with Gasteiger partial charge in [-0.15, -0.1) is 0 Å². The molecule has 0 bridgehead atoms. The largest absolute Gasteiger partial charge is 0.491 e. The summed E-state index contributed by atoms with van der Waals surface area (Å²) in [5, 5.41) is 25.1. The number of nitrogens with two attached hydrogens (primary N) is 1. The number of carbonyl (C=O) groups excluding carboxylic acids is 1. The molecule has 4 N–H and O–H groups in total. The summed E-state index contributed by atoms with van der Waals surface area (Å²) in [7, 11) is -3.91. The quantitative estimate of drug-likeness (QED) is 0.475. The van der Waals surface area contributed by atoms with E-state index in [9.17, 15) is 28.2 Å². The molecule has 1 unspecified atom stereocenters. The molecular weight excluding hydrogens is 494 g/mol. The fourth-order valence-electron chi connectivity index (χ4n) is 4.38. The lowest BCUT2D eigenvalue weighted by Gasteiger charge is -2.38. The third kappa shape index (κ3) is 7.45. The summed E-state index contributed by atoms with van der Waals surface area (Å²) >= 11 is 0. The van der Waals surface area contributed by atoms with Crippen molar-refractivity contribution in [2.75, 3.05) is 32.8 Å². The van der Waals surface area contributed by atoms with E-state index in [4.69, 9.17) is 19.3 Å². The maximum Gasteiger partial charge on any atom is 0.410 e. The predicted octanol–water partition coefficient (Wildman–Crippen LogP) is 1.61. The Morgan fingerprint density at radius 1 is 1.31 bits per heavy atom. The van der Waals surface area contributed by atoms with Crippen molar-refractivity contribution in [2.45, 2.75) is 68.3 Å². The Labute approximate surface area is 210 Å². The van der Waals surface area contributed by atoms with Crippen LogP contribution in [0.1, 0.15) is 40.0 Å². The van der Waals surface area contributed by atoms with Gasteiger partial charge in [-0.05, 0) is 52.2 Å². The highest BCUT2D eigenvalue weighted by atomic mass is 32.2. The van der Waals surface area contributed by atoms with E-state index in [0.717, 1.165) is 0 Å². The molecule has 3 rings (SSSR count). The number of primary sulfonamides is 1. The number of rotatable bonds is 7. The summed E-state index contributed by atoms with van der Waals surface area (Å²) in [4.78, 5) is 27.0. The van der Waals surface area contributed by atoms with Crippen LogP contribution in [0.15, 0.2) is 29.2 Å². The standard InChI is InChI=1S/C23H35N3O9S/c1-22(2,3)35-21(30)26(16-12-23(34-14-16)7-9-25(10-8-23)20(28)29)13-17(27)15-33-18-5-4-6-19(11-18)36(24,31)32/h4-6,11,16-17,27H,7-10,12-15H2,1-3H3,(H,28,29)(H2,24,31,32)/t16-,17?/m1/s1. The summed E-state index contributed by atoms with van der Waals surface area (Å²) in [6.07, 6.45) is -1.16. The molecule has 202 valence electrons. The van der Waals surface area contributed by atoms with Crippen molar-refractivity contribution < 1.29 is 42.4 Å². The zero-order valence-electron chi connectivity index (χ0n) is 20.8. The second-order valence-electron chi connectivity index (χ2n) is 10.2. The van der Waals surface area contributed by atoms with E-state index in [0.29, 0.717) is 32.4 Å². The number of aliphatic hydroxyl groups is 1. The monoisotopic (exact) mass is 529 g/mol. The number of aliphatic hydroxyl groups excluding tert-OH is 1. The molecule has 2 aliphatic rings. The van der Waals surface area contributed by atoms with Crippen LogP contribution in [0.5, 0.6) is 5.75 Å². The molecule has 2 aliphatic heterocycles. The number of carbonyl (C=O) groups is 2. The van der Waals surface area contributed by atoms with Gasteiger partial charge >= 0.3 is 12.2 Å². The number of benzene rings is 1. The Morgan fingerprint density at radius 2 is 1.97 bits per heavy atom. The SMILES string of the molecule is CC(C)(C)OC(=O)N(CC(O)COc1cccc(S(N)(=O)=O)c1)[C@H]1COC2(CCN(C(=O)O)CC2)C1. The fourth-order valence-corrected chi connectivity index (χ4v) is 4.93. The summed E-state index contributed by atoms with van der Waals surface area (Å²) < 4.78 is 40.3. The lowest BCUT2D eigenvalue weighted by Crippen LogP contribution is -2.50. The topological polar surface area (TPSA) is 169 Å². The van der Waals surface area contributed by atoms with Gasteiger partial charge in [0.05, 0.1) is 29.7 Å². The van der Waals surface area contributed by atoms with Gasteiger partial charge in [0.25, 0.3) is 0 Å². The zero-order chi connectivity index (χ0) is 26.7. The van der Waals surface area contributed by atoms with Gasteiger partial charge in [0, 0.05) is 19.2 Å². The summed E-state index contributed by atoms with van der Waals surface area (Å²) in [6, 6.07) is 5.22. The van der Waals surface area contributed by atoms with Crippen molar-refractivity contribution in [3.8, 4) is 5.75 Å². The zero-order valence-corrected chi connectivity index (χ0v) is 21.6. The number of hydrogen-bond acceptors (Lipinski definition) is 8. The van der Waals surface area contributed by atoms with Crippen molar-refractivity contribution in [3.05, 3.63) is 24.3 Å². The lowest BCUT2D eigenvalue weighted by atomic mass is 9.87.